The van der Waals surface area contributed by atoms with Crippen molar-refractivity contribution in [3.63, 3.8) is 0 Å². The second-order valence-corrected chi connectivity index (χ2v) is 6.57. The van der Waals surface area contributed by atoms with Crippen molar-refractivity contribution in [2.45, 2.75) is 10.4 Å². The predicted molar refractivity (Wildman–Crippen MR) is 76.5 cm³/mol. The summed E-state index contributed by atoms with van der Waals surface area (Å²) >= 11 is 0. The highest BCUT2D eigenvalue weighted by molar-refractivity contribution is 7.92. The van der Waals surface area contributed by atoms with Crippen LogP contribution in [0.2, 0.25) is 0 Å². The molecule has 0 atom stereocenters. The Morgan fingerprint density at radius 1 is 0.864 bits per heavy atom. The van der Waals surface area contributed by atoms with Crippen LogP contribution in [0.3, 0.4) is 0 Å². The lowest BCUT2D eigenvalue weighted by Gasteiger charge is -2.06. The number of sulfone groups is 1. The minimum absolute atomic E-state index is 0.0451. The predicted octanol–water partition coefficient (Wildman–Crippen LogP) is 3.92. The lowest BCUT2D eigenvalue weighted by Crippen LogP contribution is -2.23. The number of halogens is 3. The molecule has 0 aliphatic heterocycles. The van der Waals surface area contributed by atoms with Crippen LogP contribution in [0.1, 0.15) is 0 Å². The molecule has 114 valence electrons. The summed E-state index contributed by atoms with van der Waals surface area (Å²) in [6.45, 7) is 0. The van der Waals surface area contributed by atoms with Gasteiger partial charge in [0, 0.05) is 17.3 Å². The third-order valence-electron chi connectivity index (χ3n) is 3.30. The highest BCUT2D eigenvalue weighted by atomic mass is 32.2. The van der Waals surface area contributed by atoms with Crippen LogP contribution >= 0.6 is 0 Å². The molecule has 0 saturated carbocycles. The van der Waals surface area contributed by atoms with E-state index >= 15 is 0 Å². The fourth-order valence-electron chi connectivity index (χ4n) is 2.29. The summed E-state index contributed by atoms with van der Waals surface area (Å²) in [5.74, 6) is 0. The zero-order valence-electron chi connectivity index (χ0n) is 11.1. The van der Waals surface area contributed by atoms with Gasteiger partial charge in [-0.1, -0.05) is 36.4 Å². The Morgan fingerprint density at radius 2 is 1.45 bits per heavy atom. The molecule has 0 unspecified atom stereocenters. The fraction of sp³-hybridized carbons (Fsp3) is 0.0667. The fourth-order valence-corrected chi connectivity index (χ4v) is 3.25. The zero-order chi connectivity index (χ0) is 16.0. The molecule has 7 heteroatoms. The summed E-state index contributed by atoms with van der Waals surface area (Å²) in [4.78, 5) is -0.737. The first-order valence-electron chi connectivity index (χ1n) is 6.29. The summed E-state index contributed by atoms with van der Waals surface area (Å²) in [6, 6.07) is 14.7. The Morgan fingerprint density at radius 3 is 2.09 bits per heavy atom. The van der Waals surface area contributed by atoms with Crippen molar-refractivity contribution in [2.24, 2.45) is 0 Å². The van der Waals surface area contributed by atoms with Gasteiger partial charge in [-0.25, -0.2) is 8.42 Å². The van der Waals surface area contributed by atoms with E-state index in [9.17, 15) is 21.6 Å². The van der Waals surface area contributed by atoms with E-state index in [1.807, 2.05) is 0 Å². The van der Waals surface area contributed by atoms with Crippen molar-refractivity contribution >= 4 is 20.7 Å². The van der Waals surface area contributed by atoms with Gasteiger partial charge >= 0.3 is 5.51 Å². The van der Waals surface area contributed by atoms with Crippen molar-refractivity contribution in [1.29, 1.82) is 0 Å². The number of rotatable bonds is 2. The van der Waals surface area contributed by atoms with Crippen LogP contribution in [0, 0.1) is 0 Å². The second kappa shape index (κ2) is 4.88. The van der Waals surface area contributed by atoms with Crippen LogP contribution in [0.5, 0.6) is 0 Å². The monoisotopic (exact) mass is 325 g/mol. The topological polar surface area (TPSA) is 39.1 Å². The van der Waals surface area contributed by atoms with Crippen molar-refractivity contribution < 1.29 is 21.6 Å². The van der Waals surface area contributed by atoms with E-state index < -0.39 is 20.2 Å². The number of hydrogen-bond acceptors (Lipinski definition) is 2. The highest BCUT2D eigenvalue weighted by Crippen LogP contribution is 2.36. The average molecular weight is 325 g/mol. The molecule has 0 amide bonds. The van der Waals surface area contributed by atoms with Gasteiger partial charge in [-0.2, -0.15) is 13.2 Å². The lowest BCUT2D eigenvalue weighted by atomic mass is 10.2. The quantitative estimate of drug-likeness (QED) is 0.716. The minimum atomic E-state index is -5.41. The maximum absolute atomic E-state index is 12.9. The van der Waals surface area contributed by atoms with Gasteiger partial charge in [0.25, 0.3) is 9.84 Å². The highest BCUT2D eigenvalue weighted by Gasteiger charge is 2.48. The van der Waals surface area contributed by atoms with Crippen LogP contribution in [0.15, 0.2) is 65.7 Å². The van der Waals surface area contributed by atoms with E-state index in [-0.39, 0.29) is 5.39 Å². The molecule has 1 heterocycles. The van der Waals surface area contributed by atoms with Crippen LogP contribution in [0.4, 0.5) is 13.2 Å². The van der Waals surface area contributed by atoms with E-state index in [4.69, 9.17) is 0 Å². The molecule has 3 nitrogen and oxygen atoms in total. The molecule has 0 radical (unpaired) electrons. The van der Waals surface area contributed by atoms with Gasteiger partial charge in [0.2, 0.25) is 0 Å². The number of alkyl halides is 3. The number of nitrogens with zero attached hydrogens (tertiary/aromatic N) is 1. The molecule has 3 rings (SSSR count). The van der Waals surface area contributed by atoms with Crippen molar-refractivity contribution in [3.05, 3.63) is 60.8 Å². The van der Waals surface area contributed by atoms with E-state index in [1.165, 1.54) is 16.7 Å². The maximum Gasteiger partial charge on any atom is 0.501 e. The van der Waals surface area contributed by atoms with E-state index in [0.29, 0.717) is 11.2 Å². The number of fused-ring (bicyclic) bond motifs is 1. The third-order valence-corrected chi connectivity index (χ3v) is 4.82. The first kappa shape index (κ1) is 14.6. The Bertz CT molecular complexity index is 928. The Kier molecular flexibility index (Phi) is 3.25. The van der Waals surface area contributed by atoms with Crippen molar-refractivity contribution in [1.82, 2.24) is 4.57 Å². The molecule has 0 spiro atoms. The molecule has 1 aromatic heterocycles. The standard InChI is InChI=1S/C15H10F3NO2S/c16-15(17,18)22(20,21)14-10-19(11-6-2-1-3-7-11)13-9-5-4-8-12(13)14/h1-10H. The maximum atomic E-state index is 12.9. The molecule has 0 aliphatic carbocycles. The van der Waals surface area contributed by atoms with Gasteiger partial charge in [0.1, 0.15) is 4.90 Å². The Balaban J connectivity index is 2.36. The van der Waals surface area contributed by atoms with Gasteiger partial charge in [-0.3, -0.25) is 0 Å². The molecule has 0 aliphatic rings. The van der Waals surface area contributed by atoms with Crippen LogP contribution in [-0.2, 0) is 9.84 Å². The number of para-hydroxylation sites is 2. The SMILES string of the molecule is O=S(=O)(c1cn(-c2ccccc2)c2ccccc12)C(F)(F)F. The molecule has 0 N–H and O–H groups in total. The van der Waals surface area contributed by atoms with Gasteiger partial charge in [-0.15, -0.1) is 0 Å². The smallest absolute Gasteiger partial charge is 0.315 e. The van der Waals surface area contributed by atoms with Crippen LogP contribution < -0.4 is 0 Å². The molecule has 0 bridgehead atoms. The van der Waals surface area contributed by atoms with E-state index in [2.05, 4.69) is 0 Å². The summed E-state index contributed by atoms with van der Waals surface area (Å²) in [5, 5.41) is 0.0451. The summed E-state index contributed by atoms with van der Waals surface area (Å²) in [6.07, 6.45) is 1.02. The first-order chi connectivity index (χ1) is 10.3. The second-order valence-electron chi connectivity index (χ2n) is 4.67. The average Bonchev–Trinajstić information content (AvgIpc) is 2.87. The van der Waals surface area contributed by atoms with Gasteiger partial charge in [0.15, 0.2) is 0 Å². The molecule has 0 saturated heterocycles. The molecule has 2 aromatic carbocycles. The third kappa shape index (κ3) is 2.18. The number of aromatic nitrogens is 1. The normalized spacial score (nSPS) is 12.7. The molecule has 22 heavy (non-hydrogen) atoms. The molecular formula is C15H10F3NO2S. The van der Waals surface area contributed by atoms with Crippen molar-refractivity contribution in [3.8, 4) is 5.69 Å². The zero-order valence-corrected chi connectivity index (χ0v) is 11.9. The van der Waals surface area contributed by atoms with Gasteiger partial charge in [0.05, 0.1) is 5.52 Å². The number of benzene rings is 2. The van der Waals surface area contributed by atoms with E-state index in [0.717, 1.165) is 6.20 Å². The molecular weight excluding hydrogens is 315 g/mol. The summed E-state index contributed by atoms with van der Waals surface area (Å²) < 4.78 is 63.6. The van der Waals surface area contributed by atoms with Crippen molar-refractivity contribution in [2.75, 3.05) is 0 Å². The largest absolute Gasteiger partial charge is 0.501 e. The lowest BCUT2D eigenvalue weighted by molar-refractivity contribution is -0.0435. The van der Waals surface area contributed by atoms with Crippen LogP contribution in [-0.4, -0.2) is 18.5 Å². The van der Waals surface area contributed by atoms with Crippen LogP contribution in [0.25, 0.3) is 16.6 Å². The van der Waals surface area contributed by atoms with Gasteiger partial charge < -0.3 is 4.57 Å². The van der Waals surface area contributed by atoms with E-state index in [1.54, 1.807) is 42.5 Å². The van der Waals surface area contributed by atoms with Gasteiger partial charge in [-0.05, 0) is 18.2 Å². The summed E-state index contributed by atoms with van der Waals surface area (Å²) in [5.41, 5.74) is -4.35. The Hall–Kier alpha value is -2.28. The Labute approximate surface area is 124 Å². The molecule has 3 aromatic rings. The number of hydrogen-bond donors (Lipinski definition) is 0. The molecule has 0 fully saturated rings. The minimum Gasteiger partial charge on any atom is -0.315 e. The first-order valence-corrected chi connectivity index (χ1v) is 7.77. The summed E-state index contributed by atoms with van der Waals surface area (Å²) in [7, 11) is -5.41.